The van der Waals surface area contributed by atoms with Crippen molar-refractivity contribution in [3.8, 4) is 0 Å². The average molecular weight is 235 g/mol. The van der Waals surface area contributed by atoms with E-state index < -0.39 is 0 Å². The van der Waals surface area contributed by atoms with Gasteiger partial charge < -0.3 is 5.32 Å². The van der Waals surface area contributed by atoms with Gasteiger partial charge in [-0.2, -0.15) is 0 Å². The lowest BCUT2D eigenvalue weighted by Gasteiger charge is -2.11. The Balaban J connectivity index is 2.83. The number of halogens is 1. The number of anilines is 1. The van der Waals surface area contributed by atoms with E-state index in [4.69, 9.17) is 11.6 Å². The van der Waals surface area contributed by atoms with E-state index in [2.05, 4.69) is 24.1 Å². The molecular formula is C13H15ClN2. The topological polar surface area (TPSA) is 24.9 Å². The van der Waals surface area contributed by atoms with Crippen molar-refractivity contribution in [1.82, 2.24) is 4.98 Å². The first-order valence-electron chi connectivity index (χ1n) is 5.43. The molecular weight excluding hydrogens is 220 g/mol. The van der Waals surface area contributed by atoms with Crippen molar-refractivity contribution in [2.45, 2.75) is 20.8 Å². The van der Waals surface area contributed by atoms with Gasteiger partial charge in [0.2, 0.25) is 0 Å². The molecule has 0 aliphatic heterocycles. The number of aromatic nitrogens is 1. The fourth-order valence-electron chi connectivity index (χ4n) is 1.89. The van der Waals surface area contributed by atoms with E-state index in [1.807, 2.05) is 25.1 Å². The molecule has 84 valence electrons. The normalized spacial score (nSPS) is 10.8. The molecule has 0 saturated heterocycles. The maximum absolute atomic E-state index is 6.24. The number of benzene rings is 1. The van der Waals surface area contributed by atoms with Crippen molar-refractivity contribution >= 4 is 28.2 Å². The molecule has 0 bridgehead atoms. The van der Waals surface area contributed by atoms with Crippen LogP contribution in [0, 0.1) is 13.8 Å². The second-order valence-corrected chi connectivity index (χ2v) is 4.34. The van der Waals surface area contributed by atoms with Crippen LogP contribution in [-0.2, 0) is 0 Å². The number of aryl methyl sites for hydroxylation is 2. The molecule has 2 nitrogen and oxygen atoms in total. The van der Waals surface area contributed by atoms with Crippen LogP contribution >= 0.6 is 11.6 Å². The highest BCUT2D eigenvalue weighted by molar-refractivity contribution is 6.36. The van der Waals surface area contributed by atoms with Crippen LogP contribution in [0.5, 0.6) is 0 Å². The number of nitrogens with zero attached hydrogens (tertiary/aromatic N) is 1. The van der Waals surface area contributed by atoms with Crippen molar-refractivity contribution in [3.63, 3.8) is 0 Å². The molecule has 0 amide bonds. The van der Waals surface area contributed by atoms with Crippen LogP contribution in [0.4, 0.5) is 5.69 Å². The molecule has 1 N–H and O–H groups in total. The Labute approximate surface area is 101 Å². The number of hydrogen-bond donors (Lipinski definition) is 1. The van der Waals surface area contributed by atoms with Crippen LogP contribution < -0.4 is 5.32 Å². The molecule has 0 aliphatic carbocycles. The van der Waals surface area contributed by atoms with Crippen molar-refractivity contribution in [1.29, 1.82) is 0 Å². The van der Waals surface area contributed by atoms with E-state index in [-0.39, 0.29) is 0 Å². The third-order valence-corrected chi connectivity index (χ3v) is 2.92. The van der Waals surface area contributed by atoms with Crippen molar-refractivity contribution in [2.75, 3.05) is 11.9 Å². The minimum absolute atomic E-state index is 0.754. The standard InChI is InChI=1S/C13H15ClN2/c1-4-15-11-7-9(3)16-13-8(2)5-6-10(14)12(11)13/h5-7H,4H2,1-3H3,(H,15,16). The van der Waals surface area contributed by atoms with Gasteiger partial charge in [0, 0.05) is 23.3 Å². The largest absolute Gasteiger partial charge is 0.385 e. The van der Waals surface area contributed by atoms with E-state index in [9.17, 15) is 0 Å². The maximum atomic E-state index is 6.24. The van der Waals surface area contributed by atoms with E-state index in [1.165, 1.54) is 0 Å². The highest BCUT2D eigenvalue weighted by Gasteiger charge is 2.09. The fourth-order valence-corrected chi connectivity index (χ4v) is 2.14. The molecule has 0 aliphatic rings. The molecule has 0 atom stereocenters. The number of pyridine rings is 1. The van der Waals surface area contributed by atoms with Crippen molar-refractivity contribution in [3.05, 3.63) is 34.5 Å². The summed E-state index contributed by atoms with van der Waals surface area (Å²) in [6, 6.07) is 5.97. The summed E-state index contributed by atoms with van der Waals surface area (Å²) < 4.78 is 0. The predicted octanol–water partition coefficient (Wildman–Crippen LogP) is 3.94. The molecule has 1 aromatic heterocycles. The SMILES string of the molecule is CCNc1cc(C)nc2c(C)ccc(Cl)c12. The highest BCUT2D eigenvalue weighted by Crippen LogP contribution is 2.31. The average Bonchev–Trinajstić information content (AvgIpc) is 2.23. The number of rotatable bonds is 2. The first-order chi connectivity index (χ1) is 7.63. The second kappa shape index (κ2) is 4.30. The molecule has 2 rings (SSSR count). The summed E-state index contributed by atoms with van der Waals surface area (Å²) in [6.45, 7) is 7.01. The van der Waals surface area contributed by atoms with Gasteiger partial charge in [-0.05, 0) is 38.5 Å². The van der Waals surface area contributed by atoms with Gasteiger partial charge in [0.1, 0.15) is 0 Å². The quantitative estimate of drug-likeness (QED) is 0.852. The molecule has 2 aromatic rings. The van der Waals surface area contributed by atoms with Crippen molar-refractivity contribution < 1.29 is 0 Å². The summed E-state index contributed by atoms with van der Waals surface area (Å²) in [5.41, 5.74) is 4.22. The van der Waals surface area contributed by atoms with Crippen LogP contribution in [-0.4, -0.2) is 11.5 Å². The first-order valence-corrected chi connectivity index (χ1v) is 5.81. The van der Waals surface area contributed by atoms with Gasteiger partial charge in [0.25, 0.3) is 0 Å². The zero-order valence-electron chi connectivity index (χ0n) is 9.76. The Kier molecular flexibility index (Phi) is 3.01. The summed E-state index contributed by atoms with van der Waals surface area (Å²) in [6.07, 6.45) is 0. The maximum Gasteiger partial charge on any atom is 0.0770 e. The Hall–Kier alpha value is -1.28. The Bertz CT molecular complexity index is 535. The zero-order chi connectivity index (χ0) is 11.7. The Morgan fingerprint density at radius 3 is 2.75 bits per heavy atom. The number of hydrogen-bond acceptors (Lipinski definition) is 2. The molecule has 3 heteroatoms. The van der Waals surface area contributed by atoms with Gasteiger partial charge in [-0.15, -0.1) is 0 Å². The minimum atomic E-state index is 0.754. The molecule has 1 aromatic carbocycles. The number of nitrogens with one attached hydrogen (secondary N) is 1. The third-order valence-electron chi connectivity index (χ3n) is 2.61. The summed E-state index contributed by atoms with van der Waals surface area (Å²) >= 11 is 6.24. The van der Waals surface area contributed by atoms with Gasteiger partial charge >= 0.3 is 0 Å². The van der Waals surface area contributed by atoms with Gasteiger partial charge in [-0.1, -0.05) is 17.7 Å². The monoisotopic (exact) mass is 234 g/mol. The molecule has 16 heavy (non-hydrogen) atoms. The third kappa shape index (κ3) is 1.85. The predicted molar refractivity (Wildman–Crippen MR) is 70.4 cm³/mol. The summed E-state index contributed by atoms with van der Waals surface area (Å²) in [5.74, 6) is 0. The molecule has 0 unspecified atom stereocenters. The van der Waals surface area contributed by atoms with E-state index >= 15 is 0 Å². The van der Waals surface area contributed by atoms with Gasteiger partial charge in [-0.3, -0.25) is 4.98 Å². The number of fused-ring (bicyclic) bond motifs is 1. The van der Waals surface area contributed by atoms with Crippen LogP contribution in [0.15, 0.2) is 18.2 Å². The van der Waals surface area contributed by atoms with Crippen LogP contribution in [0.2, 0.25) is 5.02 Å². The minimum Gasteiger partial charge on any atom is -0.385 e. The lowest BCUT2D eigenvalue weighted by atomic mass is 10.1. The summed E-state index contributed by atoms with van der Waals surface area (Å²) in [7, 11) is 0. The highest BCUT2D eigenvalue weighted by atomic mass is 35.5. The summed E-state index contributed by atoms with van der Waals surface area (Å²) in [5, 5.41) is 5.11. The van der Waals surface area contributed by atoms with Crippen molar-refractivity contribution in [2.24, 2.45) is 0 Å². The van der Waals surface area contributed by atoms with Gasteiger partial charge in [0.05, 0.1) is 10.5 Å². The second-order valence-electron chi connectivity index (χ2n) is 3.93. The fraction of sp³-hybridized carbons (Fsp3) is 0.308. The Morgan fingerprint density at radius 2 is 2.06 bits per heavy atom. The lowest BCUT2D eigenvalue weighted by molar-refractivity contribution is 1.19. The lowest BCUT2D eigenvalue weighted by Crippen LogP contribution is -2.00. The van der Waals surface area contributed by atoms with E-state index in [0.29, 0.717) is 0 Å². The van der Waals surface area contributed by atoms with Gasteiger partial charge in [-0.25, -0.2) is 0 Å². The molecule has 0 radical (unpaired) electrons. The summed E-state index contributed by atoms with van der Waals surface area (Å²) in [4.78, 5) is 4.55. The Morgan fingerprint density at radius 1 is 1.31 bits per heavy atom. The molecule has 0 fully saturated rings. The smallest absolute Gasteiger partial charge is 0.0770 e. The van der Waals surface area contributed by atoms with Crippen LogP contribution in [0.25, 0.3) is 10.9 Å². The van der Waals surface area contributed by atoms with E-state index in [1.54, 1.807) is 0 Å². The first kappa shape index (κ1) is 11.2. The van der Waals surface area contributed by atoms with Crippen LogP contribution in [0.3, 0.4) is 0 Å². The molecule has 0 saturated carbocycles. The van der Waals surface area contributed by atoms with E-state index in [0.717, 1.165) is 39.4 Å². The van der Waals surface area contributed by atoms with Gasteiger partial charge in [0.15, 0.2) is 0 Å². The van der Waals surface area contributed by atoms with Crippen LogP contribution in [0.1, 0.15) is 18.2 Å². The zero-order valence-corrected chi connectivity index (χ0v) is 10.5. The molecule has 1 heterocycles. The molecule has 0 spiro atoms.